The summed E-state index contributed by atoms with van der Waals surface area (Å²) in [7, 11) is 0. The predicted molar refractivity (Wildman–Crippen MR) is 83.3 cm³/mol. The Bertz CT molecular complexity index is 436. The minimum Gasteiger partial charge on any atom is -0.313 e. The molecule has 2 N–H and O–H groups in total. The Morgan fingerprint density at radius 3 is 2.65 bits per heavy atom. The monoisotopic (exact) mass is 273 g/mol. The number of rotatable bonds is 2. The summed E-state index contributed by atoms with van der Waals surface area (Å²) in [5.41, 5.74) is 6.77. The molecule has 2 aliphatic heterocycles. The van der Waals surface area contributed by atoms with E-state index in [1.54, 1.807) is 0 Å². The molecule has 0 spiro atoms. The van der Waals surface area contributed by atoms with Crippen LogP contribution in [-0.4, -0.2) is 23.6 Å². The Kier molecular flexibility index (Phi) is 4.39. The van der Waals surface area contributed by atoms with E-state index in [0.29, 0.717) is 18.1 Å². The standard InChI is InChI=1S/C17H27N3/c1-13-6-5-7-14(2)20(13)19-17-10-11-18-12-15-8-3-4-9-16(15)17/h3-4,8-9,13-14,17-19H,5-7,10-12H2,1-2H3. The Balaban J connectivity index is 1.79. The largest absolute Gasteiger partial charge is 0.313 e. The quantitative estimate of drug-likeness (QED) is 0.867. The van der Waals surface area contributed by atoms with Gasteiger partial charge >= 0.3 is 0 Å². The third kappa shape index (κ3) is 2.90. The summed E-state index contributed by atoms with van der Waals surface area (Å²) in [6, 6.07) is 10.6. The first kappa shape index (κ1) is 14.1. The van der Waals surface area contributed by atoms with E-state index in [4.69, 9.17) is 0 Å². The van der Waals surface area contributed by atoms with Gasteiger partial charge in [0.1, 0.15) is 0 Å². The number of hydrogen-bond donors (Lipinski definition) is 2. The second-order valence-electron chi connectivity index (χ2n) is 6.38. The molecular formula is C17H27N3. The lowest BCUT2D eigenvalue weighted by atomic mass is 9.97. The van der Waals surface area contributed by atoms with E-state index in [-0.39, 0.29) is 0 Å². The highest BCUT2D eigenvalue weighted by atomic mass is 15.5. The minimum absolute atomic E-state index is 0.448. The summed E-state index contributed by atoms with van der Waals surface area (Å²) in [4.78, 5) is 0. The zero-order valence-electron chi connectivity index (χ0n) is 12.7. The van der Waals surface area contributed by atoms with Crippen LogP contribution in [0.3, 0.4) is 0 Å². The second kappa shape index (κ2) is 6.25. The summed E-state index contributed by atoms with van der Waals surface area (Å²) in [6.45, 7) is 6.79. The molecule has 1 aromatic carbocycles. The lowest BCUT2D eigenvalue weighted by Crippen LogP contribution is -2.53. The number of nitrogens with zero attached hydrogens (tertiary/aromatic N) is 1. The molecule has 0 aromatic heterocycles. The highest BCUT2D eigenvalue weighted by Crippen LogP contribution is 2.27. The van der Waals surface area contributed by atoms with Crippen molar-refractivity contribution in [3.63, 3.8) is 0 Å². The van der Waals surface area contributed by atoms with E-state index < -0.39 is 0 Å². The van der Waals surface area contributed by atoms with Gasteiger partial charge in [0.15, 0.2) is 0 Å². The van der Waals surface area contributed by atoms with Crippen LogP contribution >= 0.6 is 0 Å². The van der Waals surface area contributed by atoms with E-state index in [1.807, 2.05) is 0 Å². The summed E-state index contributed by atoms with van der Waals surface area (Å²) in [5.74, 6) is 0. The number of hydrazine groups is 1. The third-order valence-corrected chi connectivity index (χ3v) is 4.85. The second-order valence-corrected chi connectivity index (χ2v) is 6.38. The lowest BCUT2D eigenvalue weighted by Gasteiger charge is -2.41. The normalized spacial score (nSPS) is 31.6. The van der Waals surface area contributed by atoms with Crippen LogP contribution in [0.25, 0.3) is 0 Å². The number of fused-ring (bicyclic) bond motifs is 1. The molecule has 110 valence electrons. The Morgan fingerprint density at radius 2 is 1.85 bits per heavy atom. The molecule has 0 amide bonds. The molecule has 1 saturated heterocycles. The van der Waals surface area contributed by atoms with Crippen LogP contribution in [0.4, 0.5) is 0 Å². The fourth-order valence-corrected chi connectivity index (χ4v) is 3.65. The van der Waals surface area contributed by atoms with Gasteiger partial charge in [-0.05, 0) is 50.8 Å². The van der Waals surface area contributed by atoms with Crippen molar-refractivity contribution in [2.24, 2.45) is 0 Å². The van der Waals surface area contributed by atoms with E-state index in [2.05, 4.69) is 53.9 Å². The van der Waals surface area contributed by atoms with Gasteiger partial charge in [-0.2, -0.15) is 0 Å². The Labute approximate surface area is 122 Å². The zero-order chi connectivity index (χ0) is 13.9. The van der Waals surface area contributed by atoms with Gasteiger partial charge in [0.05, 0.1) is 0 Å². The van der Waals surface area contributed by atoms with Crippen molar-refractivity contribution in [3.8, 4) is 0 Å². The van der Waals surface area contributed by atoms with Crippen LogP contribution in [0.5, 0.6) is 0 Å². The van der Waals surface area contributed by atoms with Gasteiger partial charge in [-0.3, -0.25) is 0 Å². The van der Waals surface area contributed by atoms with Crippen LogP contribution in [0.2, 0.25) is 0 Å². The average molecular weight is 273 g/mol. The van der Waals surface area contributed by atoms with Crippen LogP contribution in [0.15, 0.2) is 24.3 Å². The van der Waals surface area contributed by atoms with Gasteiger partial charge in [-0.15, -0.1) is 0 Å². The highest BCUT2D eigenvalue weighted by Gasteiger charge is 2.28. The number of hydrogen-bond acceptors (Lipinski definition) is 3. The van der Waals surface area contributed by atoms with Crippen molar-refractivity contribution >= 4 is 0 Å². The predicted octanol–water partition coefficient (Wildman–Crippen LogP) is 2.99. The lowest BCUT2D eigenvalue weighted by molar-refractivity contribution is 0.0279. The molecule has 0 radical (unpaired) electrons. The van der Waals surface area contributed by atoms with Gasteiger partial charge in [-0.25, -0.2) is 10.4 Å². The van der Waals surface area contributed by atoms with Gasteiger partial charge < -0.3 is 5.32 Å². The van der Waals surface area contributed by atoms with Crippen LogP contribution in [0, 0.1) is 0 Å². The molecular weight excluding hydrogens is 246 g/mol. The fraction of sp³-hybridized carbons (Fsp3) is 0.647. The summed E-state index contributed by atoms with van der Waals surface area (Å²) in [6.07, 6.45) is 5.14. The van der Waals surface area contributed by atoms with Gasteiger partial charge in [0, 0.05) is 24.7 Å². The fourth-order valence-electron chi connectivity index (χ4n) is 3.65. The van der Waals surface area contributed by atoms with Crippen molar-refractivity contribution in [2.75, 3.05) is 6.54 Å². The Hall–Kier alpha value is -0.900. The molecule has 3 nitrogen and oxygen atoms in total. The average Bonchev–Trinajstić information content (AvgIpc) is 2.66. The molecule has 2 aliphatic rings. The summed E-state index contributed by atoms with van der Waals surface area (Å²) < 4.78 is 0. The first-order chi connectivity index (χ1) is 9.75. The molecule has 0 bridgehead atoms. The Morgan fingerprint density at radius 1 is 1.10 bits per heavy atom. The number of nitrogens with one attached hydrogen (secondary N) is 2. The van der Waals surface area contributed by atoms with Crippen LogP contribution in [0.1, 0.15) is 56.7 Å². The maximum absolute atomic E-state index is 3.85. The number of piperidine rings is 1. The molecule has 0 saturated carbocycles. The number of benzene rings is 1. The van der Waals surface area contributed by atoms with Gasteiger partial charge in [0.2, 0.25) is 0 Å². The first-order valence-corrected chi connectivity index (χ1v) is 8.08. The van der Waals surface area contributed by atoms with Gasteiger partial charge in [0.25, 0.3) is 0 Å². The van der Waals surface area contributed by atoms with E-state index >= 15 is 0 Å². The molecule has 1 aromatic rings. The third-order valence-electron chi connectivity index (χ3n) is 4.85. The van der Waals surface area contributed by atoms with Crippen LogP contribution in [-0.2, 0) is 6.54 Å². The maximum Gasteiger partial charge on any atom is 0.0480 e. The molecule has 3 unspecified atom stereocenters. The molecule has 3 atom stereocenters. The van der Waals surface area contributed by atoms with Crippen molar-refractivity contribution in [3.05, 3.63) is 35.4 Å². The van der Waals surface area contributed by atoms with E-state index in [0.717, 1.165) is 19.5 Å². The van der Waals surface area contributed by atoms with Crippen molar-refractivity contribution in [1.29, 1.82) is 0 Å². The summed E-state index contributed by atoms with van der Waals surface area (Å²) in [5, 5.41) is 6.04. The smallest absolute Gasteiger partial charge is 0.0480 e. The topological polar surface area (TPSA) is 27.3 Å². The van der Waals surface area contributed by atoms with E-state index in [9.17, 15) is 0 Å². The van der Waals surface area contributed by atoms with Crippen LogP contribution < -0.4 is 10.7 Å². The van der Waals surface area contributed by atoms with E-state index in [1.165, 1.54) is 30.4 Å². The molecule has 2 heterocycles. The molecule has 0 aliphatic carbocycles. The maximum atomic E-state index is 3.85. The highest BCUT2D eigenvalue weighted by molar-refractivity contribution is 5.30. The molecule has 1 fully saturated rings. The SMILES string of the molecule is CC1CCCC(C)N1NC1CCNCc2ccccc21. The molecule has 3 rings (SSSR count). The molecule has 20 heavy (non-hydrogen) atoms. The van der Waals surface area contributed by atoms with Crippen molar-refractivity contribution in [2.45, 2.75) is 64.2 Å². The minimum atomic E-state index is 0.448. The van der Waals surface area contributed by atoms with Gasteiger partial charge in [-0.1, -0.05) is 30.7 Å². The molecule has 3 heteroatoms. The van der Waals surface area contributed by atoms with Crippen molar-refractivity contribution in [1.82, 2.24) is 15.8 Å². The zero-order valence-corrected chi connectivity index (χ0v) is 12.7. The first-order valence-electron chi connectivity index (χ1n) is 8.08. The van der Waals surface area contributed by atoms with Crippen molar-refractivity contribution < 1.29 is 0 Å². The summed E-state index contributed by atoms with van der Waals surface area (Å²) >= 11 is 0.